The minimum atomic E-state index is -8.10. The molecule has 0 amide bonds. The van der Waals surface area contributed by atoms with E-state index in [0.29, 0.717) is 0 Å². The van der Waals surface area contributed by atoms with E-state index in [1.165, 1.54) is 0 Å². The first-order valence-corrected chi connectivity index (χ1v) is 7.66. The maximum Gasteiger partial charge on any atom is 0.460 e. The molecule has 0 aliphatic rings. The molecular formula is C12H4F16P+. The molecule has 1 unspecified atom stereocenters. The molecule has 0 nitrogen and oxygen atoms in total. The molecule has 0 fully saturated rings. The average Bonchev–Trinajstić information content (AvgIpc) is 2.49. The molecule has 1 atom stereocenters. The molecule has 0 aliphatic carbocycles. The Morgan fingerprint density at radius 1 is 0.552 bits per heavy atom. The van der Waals surface area contributed by atoms with Gasteiger partial charge in [0.05, 0.1) is 0 Å². The summed E-state index contributed by atoms with van der Waals surface area (Å²) in [7, 11) is -4.12. The fourth-order valence-electron chi connectivity index (χ4n) is 1.75. The third-order valence-corrected chi connectivity index (χ3v) is 4.77. The minimum Gasteiger partial charge on any atom is -0.207 e. The highest BCUT2D eigenvalue weighted by atomic mass is 31.1. The largest absolute Gasteiger partial charge is 0.460 e. The Morgan fingerprint density at radius 3 is 1.38 bits per heavy atom. The van der Waals surface area contributed by atoms with Crippen molar-refractivity contribution in [1.29, 1.82) is 0 Å². The van der Waals surface area contributed by atoms with Crippen molar-refractivity contribution in [3.8, 4) is 0 Å². The van der Waals surface area contributed by atoms with Gasteiger partial charge in [0.2, 0.25) is 5.82 Å². The molecule has 0 spiro atoms. The molecule has 1 aromatic carbocycles. The minimum absolute atomic E-state index is 0.304. The van der Waals surface area contributed by atoms with Crippen LogP contribution in [0.5, 0.6) is 0 Å². The second kappa shape index (κ2) is 7.05. The quantitative estimate of drug-likeness (QED) is 0.271. The lowest BCUT2D eigenvalue weighted by molar-refractivity contribution is -0.433. The number of hydrogen-bond acceptors (Lipinski definition) is 0. The topological polar surface area (TPSA) is 0 Å². The summed E-state index contributed by atoms with van der Waals surface area (Å²) in [6.45, 7) is 0. The molecule has 0 aliphatic heterocycles. The van der Waals surface area contributed by atoms with Crippen LogP contribution >= 0.6 is 8.58 Å². The van der Waals surface area contributed by atoms with Crippen LogP contribution in [-0.2, 0) is 0 Å². The monoisotopic (exact) mass is 483 g/mol. The van der Waals surface area contributed by atoms with Crippen LogP contribution in [0.3, 0.4) is 0 Å². The number of alkyl halides is 13. The number of hydrogen-bond donors (Lipinski definition) is 0. The summed E-state index contributed by atoms with van der Waals surface area (Å²) in [6, 6.07) is -0.709. The first kappa shape index (κ1) is 25.6. The van der Waals surface area contributed by atoms with Gasteiger partial charge in [0.1, 0.15) is 19.7 Å². The first-order valence-electron chi connectivity index (χ1n) is 6.51. The molecule has 168 valence electrons. The predicted octanol–water partition coefficient (Wildman–Crippen LogP) is 5.84. The third-order valence-electron chi connectivity index (χ3n) is 3.32. The highest BCUT2D eigenvalue weighted by Gasteiger charge is 2.92. The van der Waals surface area contributed by atoms with Crippen LogP contribution in [-0.4, -0.2) is 35.5 Å². The van der Waals surface area contributed by atoms with Crippen LogP contribution in [0.15, 0.2) is 12.1 Å². The van der Waals surface area contributed by atoms with Gasteiger partial charge < -0.3 is 0 Å². The van der Waals surface area contributed by atoms with Crippen molar-refractivity contribution in [2.45, 2.75) is 35.5 Å². The summed E-state index contributed by atoms with van der Waals surface area (Å²) >= 11 is 0. The van der Waals surface area contributed by atoms with E-state index in [1.807, 2.05) is 0 Å². The zero-order valence-electron chi connectivity index (χ0n) is 12.8. The smallest absolute Gasteiger partial charge is 0.207 e. The van der Waals surface area contributed by atoms with Gasteiger partial charge in [-0.3, -0.25) is 0 Å². The Hall–Kier alpha value is -1.47. The van der Waals surface area contributed by atoms with Crippen molar-refractivity contribution in [2.24, 2.45) is 0 Å². The zero-order chi connectivity index (χ0) is 23.4. The Bertz CT molecular complexity index is 764. The van der Waals surface area contributed by atoms with E-state index in [1.54, 1.807) is 0 Å². The lowest BCUT2D eigenvalue weighted by atomic mass is 9.98. The summed E-state index contributed by atoms with van der Waals surface area (Å²) in [5.41, 5.74) is -6.59. The van der Waals surface area contributed by atoms with E-state index < -0.39 is 72.9 Å². The molecule has 0 aromatic heterocycles. The Kier molecular flexibility index (Phi) is 6.21. The zero-order valence-corrected chi connectivity index (χ0v) is 13.9. The lowest BCUT2D eigenvalue weighted by Gasteiger charge is -2.38. The number of rotatable bonds is 6. The van der Waals surface area contributed by atoms with Gasteiger partial charge in [0, 0.05) is 12.1 Å². The summed E-state index contributed by atoms with van der Waals surface area (Å²) < 4.78 is 207. The molecule has 0 radical (unpaired) electrons. The van der Waals surface area contributed by atoms with Gasteiger partial charge in [-0.05, 0) is 0 Å². The summed E-state index contributed by atoms with van der Waals surface area (Å²) in [6.07, 6.45) is -7.56. The summed E-state index contributed by atoms with van der Waals surface area (Å²) in [5.74, 6) is -38.3. The van der Waals surface area contributed by atoms with E-state index in [-0.39, 0.29) is 6.07 Å². The van der Waals surface area contributed by atoms with E-state index in [2.05, 4.69) is 0 Å². The van der Waals surface area contributed by atoms with Crippen molar-refractivity contribution in [1.82, 2.24) is 0 Å². The molecule has 29 heavy (non-hydrogen) atoms. The Morgan fingerprint density at radius 2 is 0.966 bits per heavy atom. The second-order valence-electron chi connectivity index (χ2n) is 5.35. The summed E-state index contributed by atoms with van der Waals surface area (Å²) in [4.78, 5) is 0. The van der Waals surface area contributed by atoms with Gasteiger partial charge in [-0.1, -0.05) is 0 Å². The fraction of sp³-hybridized carbons (Fsp3) is 0.500. The van der Waals surface area contributed by atoms with Crippen LogP contribution in [0.4, 0.5) is 70.2 Å². The standard InChI is InChI=1S/C12H3F16P/c13-3-1-4(14)6(15)5(2-3)29-12(27,28)10(22,23)8(18,19)7(16,17)9(20,21)11(24,25)26/h1-2,29H/p+1. The molecule has 0 saturated heterocycles. The van der Waals surface area contributed by atoms with Crippen molar-refractivity contribution >= 4 is 13.9 Å². The van der Waals surface area contributed by atoms with E-state index in [0.717, 1.165) is 0 Å². The SMILES string of the molecule is Fc1cc(F)c(F)c([PH2+]C(F)(F)C(F)(F)C(F)(F)C(F)(F)C(F)(F)C(F)(F)F)c1. The molecule has 17 heteroatoms. The molecule has 0 bridgehead atoms. The van der Waals surface area contributed by atoms with Gasteiger partial charge >= 0.3 is 35.5 Å². The maximum atomic E-state index is 13.6. The molecule has 0 N–H and O–H groups in total. The van der Waals surface area contributed by atoms with Crippen molar-refractivity contribution in [3.63, 3.8) is 0 Å². The maximum absolute atomic E-state index is 13.6. The molecule has 0 heterocycles. The highest BCUT2D eigenvalue weighted by Crippen LogP contribution is 2.62. The van der Waals surface area contributed by atoms with Gasteiger partial charge in [0.25, 0.3) is 0 Å². The van der Waals surface area contributed by atoms with Crippen LogP contribution in [0.25, 0.3) is 0 Å². The van der Waals surface area contributed by atoms with Crippen LogP contribution < -0.4 is 5.30 Å². The number of halogens is 16. The first-order chi connectivity index (χ1) is 12.5. The van der Waals surface area contributed by atoms with Gasteiger partial charge in [-0.15, -0.1) is 0 Å². The van der Waals surface area contributed by atoms with Crippen molar-refractivity contribution < 1.29 is 70.2 Å². The molecule has 1 rings (SSSR count). The van der Waals surface area contributed by atoms with Crippen molar-refractivity contribution in [2.75, 3.05) is 0 Å². The normalized spacial score (nSPS) is 15.4. The van der Waals surface area contributed by atoms with Crippen LogP contribution in [0.1, 0.15) is 0 Å². The van der Waals surface area contributed by atoms with Crippen LogP contribution in [0, 0.1) is 17.5 Å². The second-order valence-corrected chi connectivity index (χ2v) is 6.99. The Balaban J connectivity index is 3.51. The van der Waals surface area contributed by atoms with E-state index in [9.17, 15) is 70.2 Å². The predicted molar refractivity (Wildman–Crippen MR) is 66.4 cm³/mol. The van der Waals surface area contributed by atoms with E-state index >= 15 is 0 Å². The number of benzene rings is 1. The molecule has 0 saturated carbocycles. The molecular weight excluding hydrogens is 479 g/mol. The fourth-order valence-corrected chi connectivity index (χ4v) is 3.01. The molecule has 1 aromatic rings. The summed E-state index contributed by atoms with van der Waals surface area (Å²) in [5, 5.41) is -2.03. The van der Waals surface area contributed by atoms with Gasteiger partial charge in [0.15, 0.2) is 5.82 Å². The third kappa shape index (κ3) is 3.83. The van der Waals surface area contributed by atoms with Gasteiger partial charge in [-0.2, -0.15) is 61.5 Å². The van der Waals surface area contributed by atoms with Gasteiger partial charge in [-0.25, -0.2) is 8.78 Å². The highest BCUT2D eigenvalue weighted by molar-refractivity contribution is 7.48. The average molecular weight is 483 g/mol. The van der Waals surface area contributed by atoms with E-state index in [4.69, 9.17) is 0 Å². The van der Waals surface area contributed by atoms with Crippen LogP contribution in [0.2, 0.25) is 0 Å². The van der Waals surface area contributed by atoms with Crippen molar-refractivity contribution in [3.05, 3.63) is 29.6 Å². The lowest BCUT2D eigenvalue weighted by Crippen LogP contribution is -2.69. The Labute approximate surface area is 150 Å².